The molecule has 0 atom stereocenters. The Bertz CT molecular complexity index is 489. The smallest absolute Gasteiger partial charge is 0.306 e. The van der Waals surface area contributed by atoms with Crippen LogP contribution in [0.15, 0.2) is 23.1 Å². The molecular formula is C15H20ClNO2S. The summed E-state index contributed by atoms with van der Waals surface area (Å²) in [5, 5.41) is 3.95. The zero-order chi connectivity index (χ0) is 14.6. The fraction of sp³-hybridized carbons (Fsp3) is 0.533. The number of halogens is 1. The van der Waals surface area contributed by atoms with E-state index in [2.05, 4.69) is 11.4 Å². The predicted molar refractivity (Wildman–Crippen MR) is 83.2 cm³/mol. The highest BCUT2D eigenvalue weighted by atomic mass is 35.5. The van der Waals surface area contributed by atoms with Gasteiger partial charge in [0.25, 0.3) is 0 Å². The summed E-state index contributed by atoms with van der Waals surface area (Å²) in [4.78, 5) is 12.6. The number of ether oxygens (including phenoxy) is 1. The largest absolute Gasteiger partial charge is 0.469 e. The Hall–Kier alpha value is -0.710. The minimum atomic E-state index is -0.113. The van der Waals surface area contributed by atoms with Crippen LogP contribution in [0.4, 0.5) is 0 Å². The second kappa shape index (κ2) is 6.83. The molecule has 0 amide bonds. The van der Waals surface area contributed by atoms with E-state index >= 15 is 0 Å². The van der Waals surface area contributed by atoms with Gasteiger partial charge in [-0.25, -0.2) is 0 Å². The van der Waals surface area contributed by atoms with Gasteiger partial charge in [-0.05, 0) is 36.9 Å². The lowest BCUT2D eigenvalue weighted by molar-refractivity contribution is -0.141. The summed E-state index contributed by atoms with van der Waals surface area (Å²) < 4.78 is 4.78. The van der Waals surface area contributed by atoms with Crippen molar-refractivity contribution in [3.63, 3.8) is 0 Å². The molecule has 2 rings (SSSR count). The van der Waals surface area contributed by atoms with Crippen molar-refractivity contribution in [1.29, 1.82) is 0 Å². The molecule has 110 valence electrons. The van der Waals surface area contributed by atoms with Gasteiger partial charge in [0.15, 0.2) is 0 Å². The lowest BCUT2D eigenvalue weighted by Gasteiger charge is -2.16. The third kappa shape index (κ3) is 3.90. The molecule has 0 bridgehead atoms. The van der Waals surface area contributed by atoms with Crippen LogP contribution >= 0.6 is 23.4 Å². The van der Waals surface area contributed by atoms with Crippen molar-refractivity contribution in [3.05, 3.63) is 28.8 Å². The van der Waals surface area contributed by atoms with Crippen LogP contribution in [0.2, 0.25) is 5.02 Å². The first kappa shape index (κ1) is 15.7. The van der Waals surface area contributed by atoms with Crippen molar-refractivity contribution >= 4 is 29.3 Å². The number of thioether (sulfide) groups is 1. The number of rotatable bonds is 7. The molecular weight excluding hydrogens is 294 g/mol. The van der Waals surface area contributed by atoms with Gasteiger partial charge in [-0.15, -0.1) is 11.8 Å². The number of benzene rings is 1. The molecule has 1 saturated carbocycles. The van der Waals surface area contributed by atoms with E-state index in [9.17, 15) is 4.79 Å². The summed E-state index contributed by atoms with van der Waals surface area (Å²) in [5.41, 5.74) is 1.33. The molecule has 0 unspecified atom stereocenters. The van der Waals surface area contributed by atoms with Gasteiger partial charge in [-0.2, -0.15) is 0 Å². The quantitative estimate of drug-likeness (QED) is 0.617. The molecule has 1 aliphatic rings. The van der Waals surface area contributed by atoms with Crippen LogP contribution in [-0.4, -0.2) is 25.9 Å². The summed E-state index contributed by atoms with van der Waals surface area (Å²) in [6.45, 7) is 0.799. The lowest BCUT2D eigenvalue weighted by Crippen LogP contribution is -2.13. The average molecular weight is 314 g/mol. The SMILES string of the molecule is CNCc1cccc(Cl)c1SCC1(CC(=O)OC)CC1. The van der Waals surface area contributed by atoms with Gasteiger partial charge in [0.05, 0.1) is 18.6 Å². The normalized spacial score (nSPS) is 15.9. The van der Waals surface area contributed by atoms with E-state index in [4.69, 9.17) is 16.3 Å². The van der Waals surface area contributed by atoms with E-state index in [1.807, 2.05) is 19.2 Å². The maximum absolute atomic E-state index is 11.4. The van der Waals surface area contributed by atoms with Crippen LogP contribution in [0.3, 0.4) is 0 Å². The highest BCUT2D eigenvalue weighted by molar-refractivity contribution is 7.99. The van der Waals surface area contributed by atoms with Gasteiger partial charge < -0.3 is 10.1 Å². The molecule has 1 fully saturated rings. The number of hydrogen-bond acceptors (Lipinski definition) is 4. The molecule has 3 nitrogen and oxygen atoms in total. The summed E-state index contributed by atoms with van der Waals surface area (Å²) in [7, 11) is 3.37. The highest BCUT2D eigenvalue weighted by Crippen LogP contribution is 2.52. The molecule has 0 heterocycles. The van der Waals surface area contributed by atoms with E-state index in [1.54, 1.807) is 11.8 Å². The summed E-state index contributed by atoms with van der Waals surface area (Å²) in [6, 6.07) is 5.98. The lowest BCUT2D eigenvalue weighted by atomic mass is 10.1. The Morgan fingerprint density at radius 3 is 2.85 bits per heavy atom. The fourth-order valence-electron chi connectivity index (χ4n) is 2.20. The van der Waals surface area contributed by atoms with Gasteiger partial charge in [-0.3, -0.25) is 4.79 Å². The van der Waals surface area contributed by atoms with Gasteiger partial charge >= 0.3 is 5.97 Å². The summed E-state index contributed by atoms with van der Waals surface area (Å²) >= 11 is 8.06. The zero-order valence-corrected chi connectivity index (χ0v) is 13.4. The van der Waals surface area contributed by atoms with Crippen LogP contribution < -0.4 is 5.32 Å². The predicted octanol–water partition coefficient (Wildman–Crippen LogP) is 3.49. The molecule has 1 N–H and O–H groups in total. The van der Waals surface area contributed by atoms with Gasteiger partial charge in [0.1, 0.15) is 0 Å². The van der Waals surface area contributed by atoms with Gasteiger partial charge in [0.2, 0.25) is 0 Å². The van der Waals surface area contributed by atoms with E-state index in [1.165, 1.54) is 12.7 Å². The first-order valence-electron chi connectivity index (χ1n) is 6.72. The van der Waals surface area contributed by atoms with E-state index in [0.29, 0.717) is 6.42 Å². The maximum atomic E-state index is 11.4. The van der Waals surface area contributed by atoms with E-state index < -0.39 is 0 Å². The molecule has 1 aliphatic carbocycles. The molecule has 0 saturated heterocycles. The van der Waals surface area contributed by atoms with Crippen molar-refractivity contribution in [1.82, 2.24) is 5.32 Å². The zero-order valence-electron chi connectivity index (χ0n) is 11.9. The maximum Gasteiger partial charge on any atom is 0.306 e. The number of hydrogen-bond donors (Lipinski definition) is 1. The Morgan fingerprint density at radius 1 is 1.50 bits per heavy atom. The van der Waals surface area contributed by atoms with Gasteiger partial charge in [-0.1, -0.05) is 23.7 Å². The minimum absolute atomic E-state index is 0.113. The molecule has 0 aliphatic heterocycles. The number of esters is 1. The third-order valence-electron chi connectivity index (χ3n) is 3.64. The van der Waals surface area contributed by atoms with Crippen LogP contribution in [0, 0.1) is 5.41 Å². The first-order chi connectivity index (χ1) is 9.60. The highest BCUT2D eigenvalue weighted by Gasteiger charge is 2.44. The monoisotopic (exact) mass is 313 g/mol. The summed E-state index contributed by atoms with van der Waals surface area (Å²) in [5.74, 6) is 0.806. The number of carbonyl (C=O) groups is 1. The Labute approximate surface area is 129 Å². The Kier molecular flexibility index (Phi) is 5.35. The molecule has 1 aromatic carbocycles. The number of methoxy groups -OCH3 is 1. The van der Waals surface area contributed by atoms with Gasteiger partial charge in [0, 0.05) is 17.2 Å². The second-order valence-electron chi connectivity index (χ2n) is 5.30. The van der Waals surface area contributed by atoms with Crippen LogP contribution in [0.5, 0.6) is 0 Å². The van der Waals surface area contributed by atoms with Crippen molar-refractivity contribution in [2.24, 2.45) is 5.41 Å². The number of nitrogens with one attached hydrogen (secondary N) is 1. The van der Waals surface area contributed by atoms with Crippen molar-refractivity contribution in [2.45, 2.75) is 30.7 Å². The Balaban J connectivity index is 2.02. The van der Waals surface area contributed by atoms with Crippen LogP contribution in [-0.2, 0) is 16.1 Å². The standard InChI is InChI=1S/C15H20ClNO2S/c1-17-9-11-4-3-5-12(16)14(11)20-10-15(6-7-15)8-13(18)19-2/h3-5,17H,6-10H2,1-2H3. The molecule has 0 radical (unpaired) electrons. The van der Waals surface area contributed by atoms with Crippen molar-refractivity contribution < 1.29 is 9.53 Å². The summed E-state index contributed by atoms with van der Waals surface area (Å²) in [6.07, 6.45) is 2.71. The van der Waals surface area contributed by atoms with Crippen LogP contribution in [0.25, 0.3) is 0 Å². The molecule has 0 spiro atoms. The Morgan fingerprint density at radius 2 is 2.25 bits per heavy atom. The van der Waals surface area contributed by atoms with E-state index in [0.717, 1.165) is 35.1 Å². The van der Waals surface area contributed by atoms with Crippen molar-refractivity contribution in [3.8, 4) is 0 Å². The molecule has 0 aromatic heterocycles. The van der Waals surface area contributed by atoms with Crippen LogP contribution in [0.1, 0.15) is 24.8 Å². The topological polar surface area (TPSA) is 38.3 Å². The van der Waals surface area contributed by atoms with E-state index in [-0.39, 0.29) is 11.4 Å². The van der Waals surface area contributed by atoms with Crippen molar-refractivity contribution in [2.75, 3.05) is 19.9 Å². The molecule has 20 heavy (non-hydrogen) atoms. The third-order valence-corrected chi connectivity index (χ3v) is 5.60. The average Bonchev–Trinajstić information content (AvgIpc) is 3.18. The number of carbonyl (C=O) groups excluding carboxylic acids is 1. The second-order valence-corrected chi connectivity index (χ2v) is 6.69. The molecule has 1 aromatic rings. The minimum Gasteiger partial charge on any atom is -0.469 e. The molecule has 5 heteroatoms. The fourth-order valence-corrected chi connectivity index (χ4v) is 3.93. The first-order valence-corrected chi connectivity index (χ1v) is 8.08.